The second-order valence-electron chi connectivity index (χ2n) is 5.62. The Morgan fingerprint density at radius 1 is 1.15 bits per heavy atom. The SMILES string of the molecule is CN(Cc1ccccn1)C(=O)c1cccc(NC(=O)c2ccc(Br)o2)c1. The molecule has 2 amide bonds. The molecular formula is C19H16BrN3O3. The summed E-state index contributed by atoms with van der Waals surface area (Å²) in [4.78, 5) is 30.6. The zero-order chi connectivity index (χ0) is 18.5. The minimum absolute atomic E-state index is 0.160. The molecule has 26 heavy (non-hydrogen) atoms. The molecular weight excluding hydrogens is 398 g/mol. The topological polar surface area (TPSA) is 75.4 Å². The van der Waals surface area contributed by atoms with Gasteiger partial charge in [-0.05, 0) is 58.4 Å². The highest BCUT2D eigenvalue weighted by Crippen LogP contribution is 2.17. The van der Waals surface area contributed by atoms with Gasteiger partial charge in [0.15, 0.2) is 10.4 Å². The molecule has 0 aliphatic rings. The van der Waals surface area contributed by atoms with Crippen LogP contribution in [0.4, 0.5) is 5.69 Å². The maximum absolute atomic E-state index is 12.6. The number of pyridine rings is 1. The highest BCUT2D eigenvalue weighted by atomic mass is 79.9. The third-order valence-corrected chi connectivity index (χ3v) is 4.06. The number of hydrogen-bond acceptors (Lipinski definition) is 4. The van der Waals surface area contributed by atoms with Gasteiger partial charge >= 0.3 is 0 Å². The summed E-state index contributed by atoms with van der Waals surface area (Å²) >= 11 is 3.16. The molecule has 0 radical (unpaired) electrons. The Balaban J connectivity index is 1.70. The summed E-state index contributed by atoms with van der Waals surface area (Å²) in [6.07, 6.45) is 1.69. The number of nitrogens with zero attached hydrogens (tertiary/aromatic N) is 2. The van der Waals surface area contributed by atoms with Crippen molar-refractivity contribution in [2.24, 2.45) is 0 Å². The van der Waals surface area contributed by atoms with Crippen molar-refractivity contribution in [3.63, 3.8) is 0 Å². The van der Waals surface area contributed by atoms with Crippen LogP contribution in [0.25, 0.3) is 0 Å². The third kappa shape index (κ3) is 4.37. The van der Waals surface area contributed by atoms with E-state index in [0.717, 1.165) is 5.69 Å². The minimum atomic E-state index is -0.387. The van der Waals surface area contributed by atoms with Crippen molar-refractivity contribution >= 4 is 33.4 Å². The number of halogens is 1. The average molecular weight is 414 g/mol. The summed E-state index contributed by atoms with van der Waals surface area (Å²) in [5.74, 6) is -0.365. The van der Waals surface area contributed by atoms with Crippen LogP contribution in [0.3, 0.4) is 0 Å². The van der Waals surface area contributed by atoms with E-state index >= 15 is 0 Å². The molecule has 0 unspecified atom stereocenters. The molecule has 2 aromatic heterocycles. The number of anilines is 1. The fourth-order valence-corrected chi connectivity index (χ4v) is 2.69. The zero-order valence-corrected chi connectivity index (χ0v) is 15.6. The van der Waals surface area contributed by atoms with Gasteiger partial charge in [-0.2, -0.15) is 0 Å². The molecule has 0 bridgehead atoms. The largest absolute Gasteiger partial charge is 0.444 e. The van der Waals surface area contributed by atoms with E-state index in [0.29, 0.717) is 22.5 Å². The molecule has 1 N–H and O–H groups in total. The lowest BCUT2D eigenvalue weighted by atomic mass is 10.1. The molecule has 2 heterocycles. The summed E-state index contributed by atoms with van der Waals surface area (Å²) < 4.78 is 5.70. The van der Waals surface area contributed by atoms with E-state index in [4.69, 9.17) is 4.42 Å². The van der Waals surface area contributed by atoms with Crippen LogP contribution in [-0.4, -0.2) is 28.7 Å². The van der Waals surface area contributed by atoms with Crippen LogP contribution < -0.4 is 5.32 Å². The molecule has 0 atom stereocenters. The highest BCUT2D eigenvalue weighted by molar-refractivity contribution is 9.10. The Morgan fingerprint density at radius 2 is 2.00 bits per heavy atom. The van der Waals surface area contributed by atoms with Crippen molar-refractivity contribution in [2.75, 3.05) is 12.4 Å². The second kappa shape index (κ2) is 7.97. The lowest BCUT2D eigenvalue weighted by Gasteiger charge is -2.17. The van der Waals surface area contributed by atoms with Crippen molar-refractivity contribution in [1.82, 2.24) is 9.88 Å². The standard InChI is InChI=1S/C19H16BrN3O3/c1-23(12-15-6-2-3-10-21-15)19(25)13-5-4-7-14(11-13)22-18(24)16-8-9-17(20)26-16/h2-11H,12H2,1H3,(H,22,24). The lowest BCUT2D eigenvalue weighted by molar-refractivity contribution is 0.0783. The van der Waals surface area contributed by atoms with E-state index in [-0.39, 0.29) is 17.6 Å². The van der Waals surface area contributed by atoms with Crippen LogP contribution in [0.2, 0.25) is 0 Å². The fourth-order valence-electron chi connectivity index (χ4n) is 2.39. The molecule has 0 fully saturated rings. The van der Waals surface area contributed by atoms with Crippen LogP contribution >= 0.6 is 15.9 Å². The molecule has 1 aromatic carbocycles. The van der Waals surface area contributed by atoms with Gasteiger partial charge in [-0.25, -0.2) is 0 Å². The first-order valence-corrected chi connectivity index (χ1v) is 8.64. The molecule has 0 saturated carbocycles. The maximum Gasteiger partial charge on any atom is 0.291 e. The van der Waals surface area contributed by atoms with Crippen molar-refractivity contribution < 1.29 is 14.0 Å². The molecule has 0 aliphatic heterocycles. The molecule has 0 saturated heterocycles. The molecule has 132 valence electrons. The molecule has 0 aliphatic carbocycles. The average Bonchev–Trinajstić information content (AvgIpc) is 3.09. The summed E-state index contributed by atoms with van der Waals surface area (Å²) in [5.41, 5.74) is 1.79. The highest BCUT2D eigenvalue weighted by Gasteiger charge is 2.15. The molecule has 3 aromatic rings. The summed E-state index contributed by atoms with van der Waals surface area (Å²) in [6, 6.07) is 15.5. The zero-order valence-electron chi connectivity index (χ0n) is 14.0. The molecule has 7 heteroatoms. The van der Waals surface area contributed by atoms with E-state index in [2.05, 4.69) is 26.2 Å². The van der Waals surface area contributed by atoms with Crippen LogP contribution in [-0.2, 0) is 6.54 Å². The van der Waals surface area contributed by atoms with Gasteiger partial charge in [0.1, 0.15) is 0 Å². The van der Waals surface area contributed by atoms with E-state index in [1.54, 1.807) is 54.5 Å². The van der Waals surface area contributed by atoms with Gasteiger partial charge in [0.2, 0.25) is 0 Å². The summed E-state index contributed by atoms with van der Waals surface area (Å²) in [6.45, 7) is 0.399. The number of furan rings is 1. The van der Waals surface area contributed by atoms with E-state index in [1.807, 2.05) is 18.2 Å². The number of hydrogen-bond donors (Lipinski definition) is 1. The lowest BCUT2D eigenvalue weighted by Crippen LogP contribution is -2.26. The van der Waals surface area contributed by atoms with Crippen molar-refractivity contribution in [3.05, 3.63) is 82.5 Å². The second-order valence-corrected chi connectivity index (χ2v) is 6.40. The number of benzene rings is 1. The first-order valence-electron chi connectivity index (χ1n) is 7.85. The number of nitrogens with one attached hydrogen (secondary N) is 1. The first-order chi connectivity index (χ1) is 12.5. The molecule has 6 nitrogen and oxygen atoms in total. The number of carbonyl (C=O) groups is 2. The number of amides is 2. The van der Waals surface area contributed by atoms with Gasteiger partial charge < -0.3 is 14.6 Å². The van der Waals surface area contributed by atoms with Crippen molar-refractivity contribution in [2.45, 2.75) is 6.54 Å². The summed E-state index contributed by atoms with van der Waals surface area (Å²) in [7, 11) is 1.71. The normalized spacial score (nSPS) is 10.4. The van der Waals surface area contributed by atoms with Gasteiger partial charge in [-0.3, -0.25) is 14.6 Å². The third-order valence-electron chi connectivity index (χ3n) is 3.64. The van der Waals surface area contributed by atoms with Crippen LogP contribution in [0.15, 0.2) is 69.9 Å². The van der Waals surface area contributed by atoms with Gasteiger partial charge in [-0.1, -0.05) is 12.1 Å². The van der Waals surface area contributed by atoms with Crippen LogP contribution in [0, 0.1) is 0 Å². The molecule has 3 rings (SSSR count). The van der Waals surface area contributed by atoms with Gasteiger partial charge in [0.25, 0.3) is 11.8 Å². The van der Waals surface area contributed by atoms with E-state index < -0.39 is 0 Å². The summed E-state index contributed by atoms with van der Waals surface area (Å²) in [5, 5.41) is 2.72. The Kier molecular flexibility index (Phi) is 5.48. The van der Waals surface area contributed by atoms with E-state index in [1.165, 1.54) is 0 Å². The maximum atomic E-state index is 12.6. The van der Waals surface area contributed by atoms with Crippen molar-refractivity contribution in [3.8, 4) is 0 Å². The molecule has 0 spiro atoms. The van der Waals surface area contributed by atoms with Gasteiger partial charge in [0, 0.05) is 24.5 Å². The Labute approximate surface area is 159 Å². The first kappa shape index (κ1) is 17.9. The predicted molar refractivity (Wildman–Crippen MR) is 101 cm³/mol. The van der Waals surface area contributed by atoms with E-state index in [9.17, 15) is 9.59 Å². The predicted octanol–water partition coefficient (Wildman–Crippen LogP) is 3.96. The van der Waals surface area contributed by atoms with Crippen molar-refractivity contribution in [1.29, 1.82) is 0 Å². The number of rotatable bonds is 5. The Morgan fingerprint density at radius 3 is 2.69 bits per heavy atom. The number of aromatic nitrogens is 1. The Hall–Kier alpha value is -2.93. The quantitative estimate of drug-likeness (QED) is 0.686. The van der Waals surface area contributed by atoms with Crippen LogP contribution in [0.5, 0.6) is 0 Å². The number of carbonyl (C=O) groups excluding carboxylic acids is 2. The van der Waals surface area contributed by atoms with Gasteiger partial charge in [0.05, 0.1) is 12.2 Å². The van der Waals surface area contributed by atoms with Crippen LogP contribution in [0.1, 0.15) is 26.6 Å². The Bertz CT molecular complexity index is 925. The smallest absolute Gasteiger partial charge is 0.291 e. The monoisotopic (exact) mass is 413 g/mol. The fraction of sp³-hybridized carbons (Fsp3) is 0.105. The minimum Gasteiger partial charge on any atom is -0.444 e. The van der Waals surface area contributed by atoms with Gasteiger partial charge in [-0.15, -0.1) is 0 Å².